The van der Waals surface area contributed by atoms with Crippen LogP contribution in [-0.2, 0) is 14.7 Å². The SMILES string of the molecule is Cc1ccc2c(c1)Oc1ccc(B3OC(C)(C)C(C)(C)O3)cc1C2(C)C. The van der Waals surface area contributed by atoms with Gasteiger partial charge in [-0.2, -0.15) is 0 Å². The van der Waals surface area contributed by atoms with Gasteiger partial charge in [-0.1, -0.05) is 38.1 Å². The molecule has 3 nitrogen and oxygen atoms in total. The molecule has 2 heterocycles. The number of aryl methyl sites for hydroxylation is 1. The van der Waals surface area contributed by atoms with E-state index < -0.39 is 0 Å². The molecule has 26 heavy (non-hydrogen) atoms. The highest BCUT2D eigenvalue weighted by Crippen LogP contribution is 2.48. The molecule has 2 aliphatic rings. The lowest BCUT2D eigenvalue weighted by Gasteiger charge is -2.35. The number of hydrogen-bond acceptors (Lipinski definition) is 3. The van der Waals surface area contributed by atoms with Gasteiger partial charge in [-0.25, -0.2) is 0 Å². The summed E-state index contributed by atoms with van der Waals surface area (Å²) in [4.78, 5) is 0. The Balaban J connectivity index is 1.75. The van der Waals surface area contributed by atoms with E-state index in [1.54, 1.807) is 0 Å². The standard InChI is InChI=1S/C22H27BO3/c1-14-8-10-16-19(12-14)24-18-11-9-15(13-17(18)20(16,2)3)23-25-21(4,5)22(6,7)26-23/h8-13H,1-7H3. The smallest absolute Gasteiger partial charge is 0.457 e. The van der Waals surface area contributed by atoms with E-state index in [0.29, 0.717) is 0 Å². The number of ether oxygens (including phenoxy) is 1. The second kappa shape index (κ2) is 5.37. The first-order valence-electron chi connectivity index (χ1n) is 9.30. The largest absolute Gasteiger partial charge is 0.494 e. The van der Waals surface area contributed by atoms with Crippen molar-refractivity contribution in [3.63, 3.8) is 0 Å². The molecule has 2 aromatic carbocycles. The molecular formula is C22H27BO3. The van der Waals surface area contributed by atoms with Crippen molar-refractivity contribution in [1.29, 1.82) is 0 Å². The predicted molar refractivity (Wildman–Crippen MR) is 106 cm³/mol. The van der Waals surface area contributed by atoms with E-state index in [1.165, 1.54) is 16.7 Å². The zero-order chi connectivity index (χ0) is 18.9. The highest BCUT2D eigenvalue weighted by Gasteiger charge is 2.52. The molecule has 2 aromatic rings. The van der Waals surface area contributed by atoms with Crippen molar-refractivity contribution < 1.29 is 14.0 Å². The first-order chi connectivity index (χ1) is 12.0. The number of hydrogen-bond donors (Lipinski definition) is 0. The van der Waals surface area contributed by atoms with Crippen LogP contribution < -0.4 is 10.2 Å². The monoisotopic (exact) mass is 350 g/mol. The molecule has 0 aliphatic carbocycles. The third kappa shape index (κ3) is 2.50. The minimum atomic E-state index is -0.361. The van der Waals surface area contributed by atoms with Gasteiger partial charge in [-0.3, -0.25) is 0 Å². The minimum absolute atomic E-state index is 0.143. The van der Waals surface area contributed by atoms with Crippen LogP contribution in [0.4, 0.5) is 0 Å². The molecule has 4 rings (SSSR count). The summed E-state index contributed by atoms with van der Waals surface area (Å²) in [5.74, 6) is 1.86. The molecule has 2 aliphatic heterocycles. The average Bonchev–Trinajstić information content (AvgIpc) is 2.75. The summed E-state index contributed by atoms with van der Waals surface area (Å²) in [7, 11) is -0.361. The molecule has 0 N–H and O–H groups in total. The first-order valence-corrected chi connectivity index (χ1v) is 9.30. The van der Waals surface area contributed by atoms with Crippen LogP contribution in [0.25, 0.3) is 0 Å². The summed E-state index contributed by atoms with van der Waals surface area (Å²) in [6, 6.07) is 12.7. The number of fused-ring (bicyclic) bond motifs is 2. The van der Waals surface area contributed by atoms with Gasteiger partial charge in [-0.15, -0.1) is 0 Å². The Morgan fingerprint density at radius 1 is 0.731 bits per heavy atom. The van der Waals surface area contributed by atoms with Gasteiger partial charge in [0.25, 0.3) is 0 Å². The van der Waals surface area contributed by atoms with Gasteiger partial charge in [0.2, 0.25) is 0 Å². The fourth-order valence-electron chi connectivity index (χ4n) is 3.74. The van der Waals surface area contributed by atoms with Crippen LogP contribution in [-0.4, -0.2) is 18.3 Å². The van der Waals surface area contributed by atoms with Crippen LogP contribution in [0.2, 0.25) is 0 Å². The lowest BCUT2D eigenvalue weighted by atomic mass is 9.71. The summed E-state index contributed by atoms with van der Waals surface area (Å²) in [6.45, 7) is 14.9. The van der Waals surface area contributed by atoms with Gasteiger partial charge in [0.15, 0.2) is 0 Å². The van der Waals surface area contributed by atoms with E-state index in [9.17, 15) is 0 Å². The topological polar surface area (TPSA) is 27.7 Å². The van der Waals surface area contributed by atoms with E-state index >= 15 is 0 Å². The molecule has 4 heteroatoms. The van der Waals surface area contributed by atoms with Crippen LogP contribution >= 0.6 is 0 Å². The maximum atomic E-state index is 6.23. The Morgan fingerprint density at radius 2 is 1.38 bits per heavy atom. The van der Waals surface area contributed by atoms with Gasteiger partial charge in [0.1, 0.15) is 11.5 Å². The fourth-order valence-corrected chi connectivity index (χ4v) is 3.74. The molecule has 0 bridgehead atoms. The lowest BCUT2D eigenvalue weighted by Crippen LogP contribution is -2.41. The Hall–Kier alpha value is -1.78. The lowest BCUT2D eigenvalue weighted by molar-refractivity contribution is 0.00578. The average molecular weight is 350 g/mol. The molecule has 1 fully saturated rings. The van der Waals surface area contributed by atoms with Gasteiger partial charge >= 0.3 is 7.12 Å². The molecule has 0 amide bonds. The van der Waals surface area contributed by atoms with Crippen LogP contribution in [0.3, 0.4) is 0 Å². The fraction of sp³-hybridized carbons (Fsp3) is 0.455. The summed E-state index contributed by atoms with van der Waals surface area (Å²) in [5.41, 5.74) is 3.79. The van der Waals surface area contributed by atoms with Crippen molar-refractivity contribution in [2.75, 3.05) is 0 Å². The van der Waals surface area contributed by atoms with Crippen molar-refractivity contribution >= 4 is 12.6 Å². The zero-order valence-electron chi connectivity index (χ0n) is 16.8. The molecule has 0 atom stereocenters. The maximum Gasteiger partial charge on any atom is 0.494 e. The van der Waals surface area contributed by atoms with Crippen LogP contribution in [0, 0.1) is 6.92 Å². The maximum absolute atomic E-state index is 6.23. The van der Waals surface area contributed by atoms with E-state index in [1.807, 2.05) is 6.07 Å². The summed E-state index contributed by atoms with van der Waals surface area (Å²) < 4.78 is 18.7. The molecule has 0 radical (unpaired) electrons. The molecule has 0 spiro atoms. The molecule has 136 valence electrons. The van der Waals surface area contributed by atoms with Crippen molar-refractivity contribution in [3.05, 3.63) is 53.1 Å². The summed E-state index contributed by atoms with van der Waals surface area (Å²) >= 11 is 0. The zero-order valence-corrected chi connectivity index (χ0v) is 16.8. The Kier molecular flexibility index (Phi) is 3.64. The summed E-state index contributed by atoms with van der Waals surface area (Å²) in [5, 5.41) is 0. The van der Waals surface area contributed by atoms with E-state index in [0.717, 1.165) is 17.0 Å². The second-order valence-electron chi connectivity index (χ2n) is 9.07. The van der Waals surface area contributed by atoms with Gasteiger partial charge in [0, 0.05) is 16.5 Å². The molecule has 0 aromatic heterocycles. The number of benzene rings is 2. The normalized spacial score (nSPS) is 21.7. The third-order valence-corrected chi connectivity index (χ3v) is 6.23. The quantitative estimate of drug-likeness (QED) is 0.696. The molecule has 0 unspecified atom stereocenters. The van der Waals surface area contributed by atoms with Gasteiger partial charge < -0.3 is 14.0 Å². The van der Waals surface area contributed by atoms with Crippen molar-refractivity contribution in [3.8, 4) is 11.5 Å². The van der Waals surface area contributed by atoms with Crippen molar-refractivity contribution in [1.82, 2.24) is 0 Å². The van der Waals surface area contributed by atoms with Crippen molar-refractivity contribution in [2.24, 2.45) is 0 Å². The van der Waals surface area contributed by atoms with Crippen LogP contribution in [0.1, 0.15) is 58.2 Å². The highest BCUT2D eigenvalue weighted by molar-refractivity contribution is 6.62. The Bertz CT molecular complexity index is 867. The van der Waals surface area contributed by atoms with Crippen molar-refractivity contribution in [2.45, 2.75) is 65.1 Å². The molecule has 0 saturated carbocycles. The van der Waals surface area contributed by atoms with Gasteiger partial charge in [0.05, 0.1) is 11.2 Å². The van der Waals surface area contributed by atoms with E-state index in [4.69, 9.17) is 14.0 Å². The Morgan fingerprint density at radius 3 is 2.04 bits per heavy atom. The predicted octanol–water partition coefficient (Wildman–Crippen LogP) is 4.73. The van der Waals surface area contributed by atoms with Gasteiger partial charge in [-0.05, 0) is 57.8 Å². The third-order valence-electron chi connectivity index (χ3n) is 6.23. The van der Waals surface area contributed by atoms with Crippen LogP contribution in [0.15, 0.2) is 36.4 Å². The van der Waals surface area contributed by atoms with E-state index in [2.05, 4.69) is 78.8 Å². The Labute approximate surface area is 156 Å². The van der Waals surface area contributed by atoms with E-state index in [-0.39, 0.29) is 23.7 Å². The second-order valence-corrected chi connectivity index (χ2v) is 9.07. The highest BCUT2D eigenvalue weighted by atomic mass is 16.7. The summed E-state index contributed by atoms with van der Waals surface area (Å²) in [6.07, 6.45) is 0. The minimum Gasteiger partial charge on any atom is -0.457 e. The molecule has 1 saturated heterocycles. The van der Waals surface area contributed by atoms with Crippen LogP contribution in [0.5, 0.6) is 11.5 Å². The number of rotatable bonds is 1. The molecular weight excluding hydrogens is 323 g/mol. The first kappa shape index (κ1) is 17.6.